The van der Waals surface area contributed by atoms with Crippen LogP contribution in [0, 0.1) is 0 Å². The Hall–Kier alpha value is -6.50. The molecule has 13 nitrogen and oxygen atoms in total. The number of aromatic nitrogens is 8. The number of halogens is 6. The summed E-state index contributed by atoms with van der Waals surface area (Å²) in [5, 5.41) is 35.4. The molecule has 0 aliphatic heterocycles. The molecule has 6 rings (SSSR count). The third kappa shape index (κ3) is 15.9. The maximum absolute atomic E-state index is 12.8. The van der Waals surface area contributed by atoms with Crippen LogP contribution in [0.1, 0.15) is 74.9 Å². The van der Waals surface area contributed by atoms with E-state index in [1.54, 1.807) is 18.2 Å². The van der Waals surface area contributed by atoms with Gasteiger partial charge in [-0.2, -0.15) is 35.9 Å². The van der Waals surface area contributed by atoms with Gasteiger partial charge in [0, 0.05) is 22.2 Å². The van der Waals surface area contributed by atoms with Gasteiger partial charge < -0.3 is 16.2 Å². The highest BCUT2D eigenvalue weighted by Gasteiger charge is 2.31. The van der Waals surface area contributed by atoms with E-state index in [0.29, 0.717) is 35.4 Å². The molecule has 0 atom stereocenters. The zero-order chi connectivity index (χ0) is 45.2. The normalized spacial score (nSPS) is 11.8. The summed E-state index contributed by atoms with van der Waals surface area (Å²) in [4.78, 5) is 25.0. The largest absolute Gasteiger partial charge is 0.480 e. The molecule has 0 spiro atoms. The number of carboxylic acid groups (broad SMARTS) is 1. The average molecular weight is 853 g/mol. The quantitative estimate of drug-likeness (QED) is 0.116. The third-order valence-electron chi connectivity index (χ3n) is 7.85. The van der Waals surface area contributed by atoms with E-state index in [0.717, 1.165) is 45.8 Å². The summed E-state index contributed by atoms with van der Waals surface area (Å²) in [7, 11) is 0. The van der Waals surface area contributed by atoms with Gasteiger partial charge in [-0.05, 0) is 111 Å². The third-order valence-corrected chi connectivity index (χ3v) is 7.85. The molecule has 6 aromatic rings. The van der Waals surface area contributed by atoms with Crippen LogP contribution >= 0.6 is 0 Å². The van der Waals surface area contributed by atoms with E-state index in [-0.39, 0.29) is 29.4 Å². The Morgan fingerprint density at radius 2 is 0.967 bits per heavy atom. The van der Waals surface area contributed by atoms with Crippen LogP contribution in [0.15, 0.2) is 97.1 Å². The van der Waals surface area contributed by atoms with Crippen LogP contribution in [-0.2, 0) is 47.9 Å². The number of rotatable bonds is 10. The molecule has 0 bridgehead atoms. The number of alkyl halides is 6. The highest BCUT2D eigenvalue weighted by molar-refractivity contribution is 5.76. The Morgan fingerprint density at radius 3 is 1.31 bits per heavy atom. The predicted molar refractivity (Wildman–Crippen MR) is 214 cm³/mol. The fourth-order valence-corrected chi connectivity index (χ4v) is 5.39. The summed E-state index contributed by atoms with van der Waals surface area (Å²) in [6.45, 7) is 11.1. The molecular weight excluding hydrogens is 807 g/mol. The van der Waals surface area contributed by atoms with E-state index in [1.807, 2.05) is 71.9 Å². The number of aliphatic carboxylic acids is 1. The minimum atomic E-state index is -4.37. The van der Waals surface area contributed by atoms with E-state index in [4.69, 9.17) is 10.8 Å². The van der Waals surface area contributed by atoms with Crippen molar-refractivity contribution in [2.24, 2.45) is 5.73 Å². The molecule has 324 valence electrons. The van der Waals surface area contributed by atoms with Crippen LogP contribution in [-0.4, -0.2) is 68.5 Å². The molecule has 19 heteroatoms. The van der Waals surface area contributed by atoms with E-state index in [9.17, 15) is 35.9 Å². The number of tetrazole rings is 2. The predicted octanol–water partition coefficient (Wildman–Crippen LogP) is 7.64. The molecule has 0 radical (unpaired) electrons. The van der Waals surface area contributed by atoms with Gasteiger partial charge in [-0.25, -0.2) is 0 Å². The highest BCUT2D eigenvalue weighted by atomic mass is 19.4. The number of benzene rings is 4. The van der Waals surface area contributed by atoms with Crippen molar-refractivity contribution in [3.8, 4) is 22.8 Å². The smallest absolute Gasteiger partial charge is 0.416 e. The van der Waals surface area contributed by atoms with Gasteiger partial charge in [-0.15, -0.1) is 20.4 Å². The van der Waals surface area contributed by atoms with Crippen molar-refractivity contribution in [3.63, 3.8) is 0 Å². The van der Waals surface area contributed by atoms with E-state index in [2.05, 4.69) is 36.1 Å². The van der Waals surface area contributed by atoms with Gasteiger partial charge in [-0.3, -0.25) is 9.59 Å². The zero-order valence-electron chi connectivity index (χ0n) is 34.3. The van der Waals surface area contributed by atoms with E-state index in [1.165, 1.54) is 29.1 Å². The molecule has 4 N–H and O–H groups in total. The van der Waals surface area contributed by atoms with Crippen molar-refractivity contribution in [3.05, 3.63) is 130 Å². The lowest BCUT2D eigenvalue weighted by Gasteiger charge is -2.19. The Balaban J connectivity index is 0.000000244. The van der Waals surface area contributed by atoms with Crippen LogP contribution in [0.2, 0.25) is 0 Å². The molecule has 0 saturated heterocycles. The van der Waals surface area contributed by atoms with Crippen LogP contribution in [0.4, 0.5) is 26.3 Å². The number of carbonyl (C=O) groups is 2. The van der Waals surface area contributed by atoms with Gasteiger partial charge in [0.15, 0.2) is 6.54 Å². The Kier molecular flexibility index (Phi) is 15.2. The summed E-state index contributed by atoms with van der Waals surface area (Å²) >= 11 is 0. The minimum absolute atomic E-state index is 0. The van der Waals surface area contributed by atoms with Gasteiger partial charge in [0.1, 0.15) is 6.54 Å². The van der Waals surface area contributed by atoms with Gasteiger partial charge in [-0.1, -0.05) is 72.8 Å². The molecule has 2 aromatic heterocycles. The number of hydrogen-bond acceptors (Lipinski definition) is 9. The standard InChI is InChI=1S/C21H22F3N5O.C17H13F3N4O2.C4H11N/c1-20(2,3)25-18(30)13-29-27-19(26-28-29)17-7-5-4-6-15(17)12-14-8-10-16(11-9-14)21(22,23)24;18-17(19,20)13-7-5-11(6-8-13)9-12-3-1-2-4-14(12)16-21-23-24(22-16)10-15(25)26;1-4(2,3)5/h4-11H,12-13H2,1-3H3,(H,25,30);1-8H,9-10H2,(H,25,26);5H2,1-3H3. The number of amides is 1. The Labute approximate surface area is 348 Å². The fraction of sp³-hybridized carbons (Fsp3) is 0.333. The molecule has 0 aliphatic rings. The van der Waals surface area contributed by atoms with Crippen molar-refractivity contribution in [1.82, 2.24) is 45.7 Å². The van der Waals surface area contributed by atoms with Crippen molar-refractivity contribution < 1.29 is 41.0 Å². The lowest BCUT2D eigenvalue weighted by molar-refractivity contribution is -0.139. The fourth-order valence-electron chi connectivity index (χ4n) is 5.39. The van der Waals surface area contributed by atoms with Crippen LogP contribution in [0.25, 0.3) is 22.8 Å². The maximum atomic E-state index is 12.8. The second kappa shape index (κ2) is 19.7. The first kappa shape index (κ1) is 47.2. The second-order valence-corrected chi connectivity index (χ2v) is 15.9. The summed E-state index contributed by atoms with van der Waals surface area (Å²) in [5.41, 5.74) is 8.02. The summed E-state index contributed by atoms with van der Waals surface area (Å²) in [6.07, 6.45) is -7.95. The van der Waals surface area contributed by atoms with Crippen molar-refractivity contribution in [1.29, 1.82) is 0 Å². The molecule has 2 heterocycles. The van der Waals surface area contributed by atoms with Gasteiger partial charge in [0.05, 0.1) is 11.1 Å². The number of carbonyl (C=O) groups excluding carboxylic acids is 1. The molecule has 1 amide bonds. The van der Waals surface area contributed by atoms with Crippen LogP contribution in [0.5, 0.6) is 0 Å². The lowest BCUT2D eigenvalue weighted by Crippen LogP contribution is -2.42. The number of carboxylic acids is 1. The topological polar surface area (TPSA) is 180 Å². The molecule has 4 aromatic carbocycles. The van der Waals surface area contributed by atoms with Crippen molar-refractivity contribution in [2.75, 3.05) is 0 Å². The first-order valence-corrected chi connectivity index (χ1v) is 18.7. The van der Waals surface area contributed by atoms with Gasteiger partial charge >= 0.3 is 18.3 Å². The summed E-state index contributed by atoms with van der Waals surface area (Å²) in [5.74, 6) is -0.716. The maximum Gasteiger partial charge on any atom is 0.416 e. The molecule has 0 unspecified atom stereocenters. The first-order valence-electron chi connectivity index (χ1n) is 18.7. The number of nitrogens with one attached hydrogen (secondary N) is 1. The van der Waals surface area contributed by atoms with E-state index >= 15 is 0 Å². The lowest BCUT2D eigenvalue weighted by atomic mass is 9.98. The van der Waals surface area contributed by atoms with Gasteiger partial charge in [0.2, 0.25) is 17.6 Å². The minimum Gasteiger partial charge on any atom is -0.480 e. The van der Waals surface area contributed by atoms with Crippen molar-refractivity contribution >= 4 is 11.9 Å². The molecule has 0 aliphatic carbocycles. The number of nitrogens with zero attached hydrogens (tertiary/aromatic N) is 8. The Bertz CT molecular complexity index is 2360. The monoisotopic (exact) mass is 852 g/mol. The summed E-state index contributed by atoms with van der Waals surface area (Å²) < 4.78 is 76.3. The second-order valence-electron chi connectivity index (χ2n) is 15.9. The first-order chi connectivity index (χ1) is 28.3. The number of hydrogen-bond donors (Lipinski definition) is 3. The molecule has 0 fully saturated rings. The van der Waals surface area contributed by atoms with Gasteiger partial charge in [0.25, 0.3) is 0 Å². The molecule has 61 heavy (non-hydrogen) atoms. The highest BCUT2D eigenvalue weighted by Crippen LogP contribution is 2.31. The SMILES string of the molecule is CC(C)(C)N.CC(C)(C)NC(=O)Cn1nnc(-c2ccccc2Cc2ccc(C(F)(F)F)cc2)n1.O=C(O)Cn1nnc(-c2ccccc2Cc2ccc(C(F)(F)F)cc2)n1. The van der Waals surface area contributed by atoms with Crippen molar-refractivity contribution in [2.45, 2.75) is 90.9 Å². The zero-order valence-corrected chi connectivity index (χ0v) is 34.3. The van der Waals surface area contributed by atoms with Crippen LogP contribution < -0.4 is 11.1 Å². The molecule has 0 saturated carbocycles. The Morgan fingerprint density at radius 1 is 0.607 bits per heavy atom. The molecular formula is C42H46F6N10O3. The number of nitrogens with two attached hydrogens (primary N) is 1. The average Bonchev–Trinajstić information content (AvgIpc) is 3.80. The van der Waals surface area contributed by atoms with E-state index < -0.39 is 36.0 Å². The summed E-state index contributed by atoms with van der Waals surface area (Å²) in [6, 6.07) is 24.4. The van der Waals surface area contributed by atoms with Crippen LogP contribution in [0.3, 0.4) is 0 Å².